The molecule has 3 aliphatic rings. The molecule has 3 atom stereocenters. The van der Waals surface area contributed by atoms with E-state index >= 15 is 0 Å². The fourth-order valence-electron chi connectivity index (χ4n) is 6.11. The SMILES string of the molecule is CCn1c(N2CCCC(N)C2)nc2ccn(CC3=NC4C=CCCC4c4ccccc4N3C)c(=O)c21. The van der Waals surface area contributed by atoms with Gasteiger partial charge in [0, 0.05) is 50.5 Å². The second kappa shape index (κ2) is 9.24. The molecule has 36 heavy (non-hydrogen) atoms. The highest BCUT2D eigenvalue weighted by Crippen LogP contribution is 2.39. The molecule has 0 spiro atoms. The molecule has 3 unspecified atom stereocenters. The summed E-state index contributed by atoms with van der Waals surface area (Å²) in [5.41, 5.74) is 10.1. The summed E-state index contributed by atoms with van der Waals surface area (Å²) in [6.45, 7) is 4.85. The van der Waals surface area contributed by atoms with E-state index in [0.717, 1.165) is 56.1 Å². The molecular formula is C28H35N7O. The number of piperidine rings is 1. The van der Waals surface area contributed by atoms with Gasteiger partial charge in [0.2, 0.25) is 5.95 Å². The van der Waals surface area contributed by atoms with Gasteiger partial charge >= 0.3 is 0 Å². The van der Waals surface area contributed by atoms with Gasteiger partial charge in [0.1, 0.15) is 11.4 Å². The molecule has 1 aliphatic carbocycles. The fraction of sp³-hybridized carbons (Fsp3) is 0.464. The summed E-state index contributed by atoms with van der Waals surface area (Å²) in [6, 6.07) is 10.8. The van der Waals surface area contributed by atoms with E-state index in [4.69, 9.17) is 15.7 Å². The van der Waals surface area contributed by atoms with Crippen molar-refractivity contribution in [2.45, 2.75) is 63.7 Å². The average molecular weight is 486 g/mol. The molecule has 2 N–H and O–H groups in total. The van der Waals surface area contributed by atoms with E-state index in [1.165, 1.54) is 11.3 Å². The van der Waals surface area contributed by atoms with Crippen molar-refractivity contribution < 1.29 is 0 Å². The summed E-state index contributed by atoms with van der Waals surface area (Å²) in [5.74, 6) is 2.11. The summed E-state index contributed by atoms with van der Waals surface area (Å²) in [7, 11) is 2.07. The first-order chi connectivity index (χ1) is 17.5. The molecule has 2 aromatic heterocycles. The lowest BCUT2D eigenvalue weighted by Gasteiger charge is -2.31. The summed E-state index contributed by atoms with van der Waals surface area (Å²) in [5, 5.41) is 0. The lowest BCUT2D eigenvalue weighted by molar-refractivity contribution is 0.494. The number of likely N-dealkylation sites (N-methyl/N-ethyl adjacent to an activating group) is 1. The van der Waals surface area contributed by atoms with Gasteiger partial charge in [0.15, 0.2) is 0 Å². The van der Waals surface area contributed by atoms with Crippen LogP contribution in [0.3, 0.4) is 0 Å². The Hall–Kier alpha value is -3.39. The molecular weight excluding hydrogens is 450 g/mol. The minimum absolute atomic E-state index is 0.0289. The first-order valence-corrected chi connectivity index (χ1v) is 13.2. The first-order valence-electron chi connectivity index (χ1n) is 13.2. The van der Waals surface area contributed by atoms with E-state index < -0.39 is 0 Å². The van der Waals surface area contributed by atoms with Gasteiger partial charge in [-0.2, -0.15) is 0 Å². The van der Waals surface area contributed by atoms with Crippen LogP contribution < -0.4 is 21.1 Å². The number of rotatable bonds is 4. The molecule has 4 heterocycles. The van der Waals surface area contributed by atoms with Crippen molar-refractivity contribution in [3.05, 3.63) is 64.6 Å². The molecule has 0 amide bonds. The number of fused-ring (bicyclic) bond motifs is 4. The number of pyridine rings is 1. The highest BCUT2D eigenvalue weighted by molar-refractivity contribution is 5.99. The van der Waals surface area contributed by atoms with Gasteiger partial charge in [-0.1, -0.05) is 30.4 Å². The third-order valence-electron chi connectivity index (χ3n) is 7.99. The monoisotopic (exact) mass is 485 g/mol. The largest absolute Gasteiger partial charge is 0.341 e. The number of aliphatic imine (C=N–C) groups is 1. The van der Waals surface area contributed by atoms with Crippen molar-refractivity contribution in [2.24, 2.45) is 10.7 Å². The molecule has 0 bridgehead atoms. The fourth-order valence-corrected chi connectivity index (χ4v) is 6.11. The van der Waals surface area contributed by atoms with Crippen LogP contribution in [-0.2, 0) is 13.1 Å². The minimum Gasteiger partial charge on any atom is -0.341 e. The Labute approximate surface area is 211 Å². The zero-order chi connectivity index (χ0) is 24.8. The van der Waals surface area contributed by atoms with Crippen LogP contribution in [0.1, 0.15) is 44.1 Å². The van der Waals surface area contributed by atoms with Crippen LogP contribution in [0.4, 0.5) is 11.6 Å². The van der Waals surface area contributed by atoms with Gasteiger partial charge in [-0.3, -0.25) is 9.79 Å². The average Bonchev–Trinajstić information content (AvgIpc) is 3.24. The molecule has 1 saturated heterocycles. The van der Waals surface area contributed by atoms with E-state index in [-0.39, 0.29) is 17.6 Å². The van der Waals surface area contributed by atoms with Gasteiger partial charge in [-0.25, -0.2) is 4.98 Å². The van der Waals surface area contributed by atoms with E-state index in [1.807, 2.05) is 12.3 Å². The first kappa shape index (κ1) is 23.0. The number of amidine groups is 1. The third kappa shape index (κ3) is 3.84. The van der Waals surface area contributed by atoms with Crippen LogP contribution in [0.2, 0.25) is 0 Å². The number of para-hydroxylation sites is 1. The lowest BCUT2D eigenvalue weighted by Crippen LogP contribution is -2.44. The Bertz CT molecular complexity index is 1400. The van der Waals surface area contributed by atoms with Crippen LogP contribution in [0.5, 0.6) is 0 Å². The Morgan fingerprint density at radius 1 is 1.17 bits per heavy atom. The quantitative estimate of drug-likeness (QED) is 0.572. The Morgan fingerprint density at radius 3 is 2.86 bits per heavy atom. The minimum atomic E-state index is -0.0289. The number of allylic oxidation sites excluding steroid dienone is 1. The van der Waals surface area contributed by atoms with Gasteiger partial charge in [0.25, 0.3) is 5.56 Å². The number of anilines is 2. The zero-order valence-electron chi connectivity index (χ0n) is 21.2. The topological polar surface area (TPSA) is 84.7 Å². The second-order valence-corrected chi connectivity index (χ2v) is 10.3. The predicted octanol–water partition coefficient (Wildman–Crippen LogP) is 3.50. The normalized spacial score (nSPS) is 23.9. The highest BCUT2D eigenvalue weighted by atomic mass is 16.1. The predicted molar refractivity (Wildman–Crippen MR) is 146 cm³/mol. The van der Waals surface area contributed by atoms with Crippen LogP contribution in [-0.4, -0.2) is 52.2 Å². The van der Waals surface area contributed by atoms with Crippen molar-refractivity contribution in [1.82, 2.24) is 14.1 Å². The maximum atomic E-state index is 13.8. The molecule has 2 aliphatic heterocycles. The van der Waals surface area contributed by atoms with E-state index in [1.54, 1.807) is 4.57 Å². The summed E-state index contributed by atoms with van der Waals surface area (Å²) in [6.07, 6.45) is 10.6. The van der Waals surface area contributed by atoms with Crippen molar-refractivity contribution in [3.8, 4) is 0 Å². The maximum Gasteiger partial charge on any atom is 0.277 e. The molecule has 6 rings (SSSR count). The number of imidazole rings is 1. The van der Waals surface area contributed by atoms with Crippen molar-refractivity contribution in [1.29, 1.82) is 0 Å². The highest BCUT2D eigenvalue weighted by Gasteiger charge is 2.31. The number of benzene rings is 1. The van der Waals surface area contributed by atoms with Crippen molar-refractivity contribution in [2.75, 3.05) is 29.9 Å². The molecule has 188 valence electrons. The van der Waals surface area contributed by atoms with Crippen LogP contribution >= 0.6 is 0 Å². The molecule has 1 aromatic carbocycles. The summed E-state index contributed by atoms with van der Waals surface area (Å²) >= 11 is 0. The summed E-state index contributed by atoms with van der Waals surface area (Å²) < 4.78 is 3.84. The molecule has 1 fully saturated rings. The Morgan fingerprint density at radius 2 is 2.03 bits per heavy atom. The van der Waals surface area contributed by atoms with Crippen molar-refractivity contribution >= 4 is 28.5 Å². The lowest BCUT2D eigenvalue weighted by atomic mass is 9.83. The van der Waals surface area contributed by atoms with E-state index in [9.17, 15) is 4.79 Å². The third-order valence-corrected chi connectivity index (χ3v) is 7.99. The van der Waals surface area contributed by atoms with E-state index in [0.29, 0.717) is 24.5 Å². The van der Waals surface area contributed by atoms with Gasteiger partial charge in [-0.05, 0) is 50.3 Å². The molecule has 0 saturated carbocycles. The van der Waals surface area contributed by atoms with Crippen LogP contribution in [0, 0.1) is 0 Å². The number of hydrogen-bond acceptors (Lipinski definition) is 6. The Balaban J connectivity index is 1.40. The number of hydrogen-bond donors (Lipinski definition) is 1. The molecule has 8 heteroatoms. The molecule has 3 aromatic rings. The van der Waals surface area contributed by atoms with Crippen LogP contribution in [0.25, 0.3) is 11.0 Å². The van der Waals surface area contributed by atoms with E-state index in [2.05, 4.69) is 64.8 Å². The standard InChI is InChI=1S/C28H35N7O/c1-3-35-26-23(31-28(35)34-15-8-9-19(29)17-34)14-16-33(27(26)36)18-25-30-22-12-6-4-10-20(22)21-11-5-7-13-24(21)32(25)2/h5-7,11-14,16,19-20,22H,3-4,8-10,15,17-18,29H2,1-2H3. The number of nitrogens with zero attached hydrogens (tertiary/aromatic N) is 6. The second-order valence-electron chi connectivity index (χ2n) is 10.3. The molecule has 8 nitrogen and oxygen atoms in total. The smallest absolute Gasteiger partial charge is 0.277 e. The van der Waals surface area contributed by atoms with Crippen LogP contribution in [0.15, 0.2) is 58.5 Å². The van der Waals surface area contributed by atoms with Gasteiger partial charge < -0.3 is 24.7 Å². The van der Waals surface area contributed by atoms with Gasteiger partial charge in [0.05, 0.1) is 18.1 Å². The van der Waals surface area contributed by atoms with Gasteiger partial charge in [-0.15, -0.1) is 0 Å². The number of nitrogens with two attached hydrogens (primary N) is 1. The summed E-state index contributed by atoms with van der Waals surface area (Å²) in [4.78, 5) is 28.3. The Kier molecular flexibility index (Phi) is 5.91. The van der Waals surface area contributed by atoms with Crippen molar-refractivity contribution in [3.63, 3.8) is 0 Å². The number of aryl methyl sites for hydroxylation is 1. The number of aromatic nitrogens is 3. The zero-order valence-corrected chi connectivity index (χ0v) is 21.2. The maximum absolute atomic E-state index is 13.8. The molecule has 0 radical (unpaired) electrons.